The fourth-order valence-electron chi connectivity index (χ4n) is 1.23. The Morgan fingerprint density at radius 1 is 1.00 bits per heavy atom. The number of halogens is 2. The average Bonchev–Trinajstić information content (AvgIpc) is 2.07. The second kappa shape index (κ2) is 3.99. The second-order valence-corrected chi connectivity index (χ2v) is 3.58. The van der Waals surface area contributed by atoms with Gasteiger partial charge >= 0.3 is 0 Å². The minimum atomic E-state index is 0. The highest BCUT2D eigenvalue weighted by atomic mass is 79.9. The molecule has 2 aromatic carbocycles. The molecule has 0 heterocycles. The number of nitrogen functional groups attached to an aromatic ring is 1. The predicted molar refractivity (Wildman–Crippen MR) is 63.3 cm³/mol. The largest absolute Gasteiger partial charge is 0.398 e. The van der Waals surface area contributed by atoms with Crippen LogP contribution in [-0.4, -0.2) is 0 Å². The zero-order valence-corrected chi connectivity index (χ0v) is 9.23. The molecule has 0 fully saturated rings. The molecule has 13 heavy (non-hydrogen) atoms. The van der Waals surface area contributed by atoms with Crippen LogP contribution >= 0.6 is 28.3 Å². The van der Waals surface area contributed by atoms with Gasteiger partial charge < -0.3 is 5.73 Å². The summed E-state index contributed by atoms with van der Waals surface area (Å²) in [7, 11) is 0. The number of fused-ring (bicyclic) bond motifs is 1. The number of rotatable bonds is 0. The lowest BCUT2D eigenvalue weighted by Gasteiger charge is -2.01. The maximum absolute atomic E-state index is 5.74. The zero-order chi connectivity index (χ0) is 8.55. The van der Waals surface area contributed by atoms with Crippen molar-refractivity contribution in [2.24, 2.45) is 0 Å². The maximum atomic E-state index is 5.74. The molecule has 0 unspecified atom stereocenters. The van der Waals surface area contributed by atoms with Crippen molar-refractivity contribution in [2.75, 3.05) is 5.73 Å². The highest BCUT2D eigenvalue weighted by Crippen LogP contribution is 2.25. The van der Waals surface area contributed by atoms with Crippen molar-refractivity contribution < 1.29 is 0 Å². The molecule has 0 aliphatic heterocycles. The van der Waals surface area contributed by atoms with Crippen molar-refractivity contribution in [3.05, 3.63) is 40.9 Å². The van der Waals surface area contributed by atoms with E-state index in [-0.39, 0.29) is 12.4 Å². The molecule has 0 bridgehead atoms. The van der Waals surface area contributed by atoms with E-state index in [1.165, 1.54) is 10.8 Å². The van der Waals surface area contributed by atoms with Crippen molar-refractivity contribution in [2.45, 2.75) is 0 Å². The Bertz CT molecular complexity index is 388. The normalized spacial score (nSPS) is 9.62. The molecular weight excluding hydrogens is 249 g/mol. The van der Waals surface area contributed by atoms with Gasteiger partial charge in [0.25, 0.3) is 0 Å². The van der Waals surface area contributed by atoms with Gasteiger partial charge in [-0.15, -0.1) is 12.4 Å². The van der Waals surface area contributed by atoms with Crippen LogP contribution in [0.2, 0.25) is 0 Å². The third-order valence-electron chi connectivity index (χ3n) is 1.87. The Balaban J connectivity index is 0.000000845. The first kappa shape index (κ1) is 10.4. The van der Waals surface area contributed by atoms with E-state index in [1.807, 2.05) is 24.3 Å². The molecule has 3 heteroatoms. The Labute approximate surface area is 91.5 Å². The van der Waals surface area contributed by atoms with Gasteiger partial charge in [-0.3, -0.25) is 0 Å². The average molecular weight is 259 g/mol. The molecule has 0 radical (unpaired) electrons. The van der Waals surface area contributed by atoms with E-state index in [1.54, 1.807) is 0 Å². The predicted octanol–water partition coefficient (Wildman–Crippen LogP) is 3.61. The molecule has 0 aliphatic rings. The maximum Gasteiger partial charge on any atom is 0.0464 e. The summed E-state index contributed by atoms with van der Waals surface area (Å²) in [5.74, 6) is 0. The van der Waals surface area contributed by atoms with Crippen LogP contribution in [0.5, 0.6) is 0 Å². The van der Waals surface area contributed by atoms with Crippen LogP contribution in [0, 0.1) is 0 Å². The van der Waals surface area contributed by atoms with Gasteiger partial charge in [0.15, 0.2) is 0 Å². The lowest BCUT2D eigenvalue weighted by atomic mass is 10.1. The van der Waals surface area contributed by atoms with Gasteiger partial charge in [0.2, 0.25) is 0 Å². The smallest absolute Gasteiger partial charge is 0.0464 e. The van der Waals surface area contributed by atoms with Gasteiger partial charge in [-0.2, -0.15) is 0 Å². The van der Waals surface area contributed by atoms with Crippen LogP contribution < -0.4 is 5.73 Å². The fourth-order valence-corrected chi connectivity index (χ4v) is 1.59. The Morgan fingerprint density at radius 2 is 1.54 bits per heavy atom. The molecule has 68 valence electrons. The van der Waals surface area contributed by atoms with Crippen LogP contribution in [0.3, 0.4) is 0 Å². The van der Waals surface area contributed by atoms with Gasteiger partial charge in [0.05, 0.1) is 0 Å². The quantitative estimate of drug-likeness (QED) is 0.718. The Kier molecular flexibility index (Phi) is 3.17. The Morgan fingerprint density at radius 3 is 2.15 bits per heavy atom. The van der Waals surface area contributed by atoms with Crippen molar-refractivity contribution in [3.8, 4) is 0 Å². The lowest BCUT2D eigenvalue weighted by molar-refractivity contribution is 1.68. The monoisotopic (exact) mass is 257 g/mol. The minimum Gasteiger partial charge on any atom is -0.398 e. The van der Waals surface area contributed by atoms with E-state index in [2.05, 4.69) is 28.1 Å². The Hall–Kier alpha value is -0.730. The van der Waals surface area contributed by atoms with Crippen LogP contribution in [-0.2, 0) is 0 Å². The summed E-state index contributed by atoms with van der Waals surface area (Å²) in [6.45, 7) is 0. The first-order valence-corrected chi connectivity index (χ1v) is 4.50. The van der Waals surface area contributed by atoms with Gasteiger partial charge in [0, 0.05) is 10.2 Å². The van der Waals surface area contributed by atoms with Crippen molar-refractivity contribution in [3.63, 3.8) is 0 Å². The summed E-state index contributed by atoms with van der Waals surface area (Å²) >= 11 is 3.39. The van der Waals surface area contributed by atoms with E-state index in [0.29, 0.717) is 0 Å². The number of hydrogen-bond acceptors (Lipinski definition) is 1. The zero-order valence-electron chi connectivity index (χ0n) is 6.83. The summed E-state index contributed by atoms with van der Waals surface area (Å²) in [5.41, 5.74) is 6.52. The molecule has 1 nitrogen and oxygen atoms in total. The summed E-state index contributed by atoms with van der Waals surface area (Å²) in [6, 6.07) is 12.2. The molecular formula is C10H9BrClN. The topological polar surface area (TPSA) is 26.0 Å². The molecule has 0 saturated heterocycles. The van der Waals surface area contributed by atoms with Crippen molar-refractivity contribution in [1.82, 2.24) is 0 Å². The van der Waals surface area contributed by atoms with Gasteiger partial charge in [-0.1, -0.05) is 24.3 Å². The molecule has 0 aromatic heterocycles. The van der Waals surface area contributed by atoms with Crippen LogP contribution in [0.1, 0.15) is 0 Å². The lowest BCUT2D eigenvalue weighted by Crippen LogP contribution is -1.85. The van der Waals surface area contributed by atoms with Crippen molar-refractivity contribution >= 4 is 44.8 Å². The molecule has 2 rings (SSSR count). The summed E-state index contributed by atoms with van der Waals surface area (Å²) in [4.78, 5) is 0. The van der Waals surface area contributed by atoms with Crippen molar-refractivity contribution in [1.29, 1.82) is 0 Å². The first-order chi connectivity index (χ1) is 5.77. The molecule has 0 spiro atoms. The SMILES string of the molecule is Cl.Nc1cc2ccccc2cc1Br. The fraction of sp³-hybridized carbons (Fsp3) is 0. The standard InChI is InChI=1S/C10H8BrN.ClH/c11-9-5-7-3-1-2-4-8(7)6-10(9)12;/h1-6H,12H2;1H. The van der Waals surface area contributed by atoms with Crippen LogP contribution in [0.15, 0.2) is 40.9 Å². The first-order valence-electron chi connectivity index (χ1n) is 3.71. The van der Waals surface area contributed by atoms with Crippen LogP contribution in [0.4, 0.5) is 5.69 Å². The van der Waals surface area contributed by atoms with Gasteiger partial charge in [0.1, 0.15) is 0 Å². The van der Waals surface area contributed by atoms with E-state index in [4.69, 9.17) is 5.73 Å². The summed E-state index contributed by atoms with van der Waals surface area (Å²) < 4.78 is 0.959. The number of nitrogens with two attached hydrogens (primary N) is 1. The number of anilines is 1. The molecule has 2 aromatic rings. The number of hydrogen-bond donors (Lipinski definition) is 1. The molecule has 0 amide bonds. The number of benzene rings is 2. The highest BCUT2D eigenvalue weighted by Gasteiger charge is 1.97. The second-order valence-electron chi connectivity index (χ2n) is 2.72. The minimum absolute atomic E-state index is 0. The van der Waals surface area contributed by atoms with E-state index in [0.717, 1.165) is 10.2 Å². The van der Waals surface area contributed by atoms with Gasteiger partial charge in [-0.05, 0) is 38.8 Å². The van der Waals surface area contributed by atoms with Gasteiger partial charge in [-0.25, -0.2) is 0 Å². The molecule has 0 saturated carbocycles. The van der Waals surface area contributed by atoms with E-state index in [9.17, 15) is 0 Å². The molecule has 2 N–H and O–H groups in total. The highest BCUT2D eigenvalue weighted by molar-refractivity contribution is 9.10. The van der Waals surface area contributed by atoms with E-state index >= 15 is 0 Å². The molecule has 0 atom stereocenters. The van der Waals surface area contributed by atoms with Crippen LogP contribution in [0.25, 0.3) is 10.8 Å². The third kappa shape index (κ3) is 1.95. The van der Waals surface area contributed by atoms with E-state index < -0.39 is 0 Å². The summed E-state index contributed by atoms with van der Waals surface area (Å²) in [6.07, 6.45) is 0. The molecule has 0 aliphatic carbocycles. The third-order valence-corrected chi connectivity index (χ3v) is 2.55. The summed E-state index contributed by atoms with van der Waals surface area (Å²) in [5, 5.41) is 2.39.